The Labute approximate surface area is 217 Å². The summed E-state index contributed by atoms with van der Waals surface area (Å²) < 4.78 is 5.81. The molecule has 8 heteroatoms. The molecule has 1 heterocycles. The number of aryl methyl sites for hydroxylation is 1. The Morgan fingerprint density at radius 1 is 1.09 bits per heavy atom. The number of nitrogens with zero attached hydrogens (tertiary/aromatic N) is 2. The number of rotatable bonds is 10. The number of hydrogen-bond donors (Lipinski definition) is 1. The molecule has 1 aliphatic rings. The van der Waals surface area contributed by atoms with Crippen LogP contribution in [0.2, 0.25) is 10.0 Å². The fourth-order valence-corrected chi connectivity index (χ4v) is 4.44. The molecule has 2 aromatic carbocycles. The number of benzene rings is 2. The summed E-state index contributed by atoms with van der Waals surface area (Å²) in [7, 11) is 3.89. The van der Waals surface area contributed by atoms with Gasteiger partial charge in [-0.1, -0.05) is 42.6 Å². The van der Waals surface area contributed by atoms with Crippen molar-refractivity contribution in [2.75, 3.05) is 33.8 Å². The number of Topliss-reactive ketones (excluding diaryl/α,β-unsaturated/α-hetero) is 1. The molecule has 1 fully saturated rings. The molecule has 1 unspecified atom stereocenters. The van der Waals surface area contributed by atoms with Gasteiger partial charge in [0.15, 0.2) is 0 Å². The van der Waals surface area contributed by atoms with Crippen LogP contribution in [0.25, 0.3) is 5.76 Å². The average molecular weight is 519 g/mol. The summed E-state index contributed by atoms with van der Waals surface area (Å²) in [4.78, 5) is 29.8. The Morgan fingerprint density at radius 3 is 2.46 bits per heavy atom. The van der Waals surface area contributed by atoms with Gasteiger partial charge in [0.1, 0.15) is 11.5 Å². The Bertz CT molecular complexity index is 1130. The first kappa shape index (κ1) is 27.1. The van der Waals surface area contributed by atoms with Gasteiger partial charge in [0.2, 0.25) is 0 Å². The van der Waals surface area contributed by atoms with Gasteiger partial charge in [0, 0.05) is 12.1 Å². The van der Waals surface area contributed by atoms with Crippen LogP contribution < -0.4 is 4.74 Å². The average Bonchev–Trinajstić information content (AvgIpc) is 3.06. The Hall–Kier alpha value is -2.54. The van der Waals surface area contributed by atoms with Crippen molar-refractivity contribution < 1.29 is 19.4 Å². The molecule has 1 saturated heterocycles. The van der Waals surface area contributed by atoms with E-state index in [0.717, 1.165) is 30.7 Å². The van der Waals surface area contributed by atoms with Gasteiger partial charge in [-0.2, -0.15) is 0 Å². The molecule has 1 amide bonds. The van der Waals surface area contributed by atoms with Crippen LogP contribution in [-0.4, -0.2) is 60.4 Å². The zero-order valence-corrected chi connectivity index (χ0v) is 22.1. The van der Waals surface area contributed by atoms with Gasteiger partial charge in [-0.3, -0.25) is 9.59 Å². The van der Waals surface area contributed by atoms with Gasteiger partial charge in [-0.25, -0.2) is 0 Å². The summed E-state index contributed by atoms with van der Waals surface area (Å²) >= 11 is 12.4. The van der Waals surface area contributed by atoms with Gasteiger partial charge in [0.05, 0.1) is 28.3 Å². The highest BCUT2D eigenvalue weighted by molar-refractivity contribution is 6.46. The molecule has 1 N–H and O–H groups in total. The SMILES string of the molecule is CCCCOc1ccc(C(O)=C2C(=O)C(=O)N(CCCN(C)C)C2c2ccc(Cl)c(Cl)c2)cc1C. The summed E-state index contributed by atoms with van der Waals surface area (Å²) in [5.74, 6) is -0.861. The minimum absolute atomic E-state index is 0.0392. The quantitative estimate of drug-likeness (QED) is 0.185. The standard InChI is InChI=1S/C27H32Cl2N2O4/c1-5-6-14-35-22-11-9-19(15-17(22)2)25(32)23-24(18-8-10-20(28)21(29)16-18)31(27(34)26(23)33)13-7-12-30(3)4/h8-11,15-16,24,32H,5-7,12-14H2,1-4H3. The number of aliphatic hydroxyl groups excluding tert-OH is 1. The molecule has 6 nitrogen and oxygen atoms in total. The third kappa shape index (κ3) is 6.18. The second-order valence-corrected chi connectivity index (χ2v) is 9.82. The molecule has 188 valence electrons. The molecule has 1 atom stereocenters. The van der Waals surface area contributed by atoms with Crippen molar-refractivity contribution in [3.8, 4) is 5.75 Å². The number of carbonyl (C=O) groups is 2. The lowest BCUT2D eigenvalue weighted by Gasteiger charge is -2.26. The molecule has 0 spiro atoms. The van der Waals surface area contributed by atoms with Crippen molar-refractivity contribution in [1.82, 2.24) is 9.80 Å². The topological polar surface area (TPSA) is 70.1 Å². The van der Waals surface area contributed by atoms with Gasteiger partial charge < -0.3 is 19.6 Å². The molecule has 3 rings (SSSR count). The predicted molar refractivity (Wildman–Crippen MR) is 140 cm³/mol. The van der Waals surface area contributed by atoms with Crippen molar-refractivity contribution >= 4 is 40.7 Å². The molecule has 0 aliphatic carbocycles. The van der Waals surface area contributed by atoms with Gasteiger partial charge >= 0.3 is 0 Å². The van der Waals surface area contributed by atoms with Crippen LogP contribution in [-0.2, 0) is 9.59 Å². The Balaban J connectivity index is 2.05. The van der Waals surface area contributed by atoms with E-state index in [2.05, 4.69) is 6.92 Å². The Morgan fingerprint density at radius 2 is 1.83 bits per heavy atom. The molecular weight excluding hydrogens is 487 g/mol. The zero-order chi connectivity index (χ0) is 25.7. The number of halogens is 2. The van der Waals surface area contributed by atoms with E-state index in [1.807, 2.05) is 25.9 Å². The summed E-state index contributed by atoms with van der Waals surface area (Å²) in [5.41, 5.74) is 1.93. The smallest absolute Gasteiger partial charge is 0.295 e. The lowest BCUT2D eigenvalue weighted by molar-refractivity contribution is -0.139. The second kappa shape index (κ2) is 11.9. The van der Waals surface area contributed by atoms with Crippen LogP contribution in [0.1, 0.15) is 48.9 Å². The fraction of sp³-hybridized carbons (Fsp3) is 0.407. The highest BCUT2D eigenvalue weighted by Crippen LogP contribution is 2.41. The second-order valence-electron chi connectivity index (χ2n) is 9.01. The number of hydrogen-bond acceptors (Lipinski definition) is 5. The van der Waals surface area contributed by atoms with E-state index in [1.54, 1.807) is 36.4 Å². The minimum Gasteiger partial charge on any atom is -0.507 e. The molecule has 1 aliphatic heterocycles. The number of aliphatic hydroxyl groups is 1. The van der Waals surface area contributed by atoms with Crippen molar-refractivity contribution in [2.45, 2.75) is 39.2 Å². The minimum atomic E-state index is -0.771. The number of ether oxygens (including phenoxy) is 1. The van der Waals surface area contributed by atoms with Crippen LogP contribution >= 0.6 is 23.2 Å². The van der Waals surface area contributed by atoms with E-state index in [4.69, 9.17) is 27.9 Å². The number of amides is 1. The largest absolute Gasteiger partial charge is 0.507 e. The molecule has 35 heavy (non-hydrogen) atoms. The highest BCUT2D eigenvalue weighted by Gasteiger charge is 2.46. The van der Waals surface area contributed by atoms with E-state index in [0.29, 0.717) is 40.7 Å². The van der Waals surface area contributed by atoms with Crippen LogP contribution in [0, 0.1) is 6.92 Å². The van der Waals surface area contributed by atoms with Crippen molar-refractivity contribution in [1.29, 1.82) is 0 Å². The summed E-state index contributed by atoms with van der Waals surface area (Å²) in [6, 6.07) is 9.48. The highest BCUT2D eigenvalue weighted by atomic mass is 35.5. The maximum Gasteiger partial charge on any atom is 0.295 e. The monoisotopic (exact) mass is 518 g/mol. The molecule has 0 saturated carbocycles. The third-order valence-corrected chi connectivity index (χ3v) is 6.75. The summed E-state index contributed by atoms with van der Waals surface area (Å²) in [6.07, 6.45) is 2.64. The maximum absolute atomic E-state index is 13.2. The molecule has 0 radical (unpaired) electrons. The van der Waals surface area contributed by atoms with Crippen LogP contribution in [0.15, 0.2) is 42.0 Å². The van der Waals surface area contributed by atoms with E-state index in [-0.39, 0.29) is 11.3 Å². The van der Waals surface area contributed by atoms with E-state index in [1.165, 1.54) is 4.90 Å². The van der Waals surface area contributed by atoms with Crippen molar-refractivity contribution in [3.05, 3.63) is 68.7 Å². The van der Waals surface area contributed by atoms with Crippen molar-refractivity contribution in [3.63, 3.8) is 0 Å². The lowest BCUT2D eigenvalue weighted by atomic mass is 9.94. The first-order chi connectivity index (χ1) is 16.6. The van der Waals surface area contributed by atoms with Crippen molar-refractivity contribution in [2.24, 2.45) is 0 Å². The first-order valence-electron chi connectivity index (χ1n) is 11.8. The fourth-order valence-electron chi connectivity index (χ4n) is 4.14. The lowest BCUT2D eigenvalue weighted by Crippen LogP contribution is -2.32. The van der Waals surface area contributed by atoms with Gasteiger partial charge in [-0.05, 0) is 81.9 Å². The van der Waals surface area contributed by atoms with Crippen LogP contribution in [0.5, 0.6) is 5.75 Å². The number of unbranched alkanes of at least 4 members (excludes halogenated alkanes) is 1. The van der Waals surface area contributed by atoms with E-state index < -0.39 is 17.7 Å². The number of likely N-dealkylation sites (tertiary alicyclic amines) is 1. The molecule has 2 aromatic rings. The zero-order valence-electron chi connectivity index (χ0n) is 20.6. The number of ketones is 1. The third-order valence-electron chi connectivity index (χ3n) is 6.01. The molecule has 0 bridgehead atoms. The maximum atomic E-state index is 13.2. The first-order valence-corrected chi connectivity index (χ1v) is 12.5. The summed E-state index contributed by atoms with van der Waals surface area (Å²) in [5, 5.41) is 12.0. The number of carbonyl (C=O) groups excluding carboxylic acids is 2. The predicted octanol–water partition coefficient (Wildman–Crippen LogP) is 5.85. The molecular formula is C27H32Cl2N2O4. The van der Waals surface area contributed by atoms with E-state index >= 15 is 0 Å². The molecule has 0 aromatic heterocycles. The Kier molecular flexibility index (Phi) is 9.22. The van der Waals surface area contributed by atoms with Crippen LogP contribution in [0.3, 0.4) is 0 Å². The van der Waals surface area contributed by atoms with E-state index in [9.17, 15) is 14.7 Å². The van der Waals surface area contributed by atoms with Crippen LogP contribution in [0.4, 0.5) is 0 Å². The van der Waals surface area contributed by atoms with Gasteiger partial charge in [0.25, 0.3) is 11.7 Å². The summed E-state index contributed by atoms with van der Waals surface area (Å²) in [6.45, 7) is 5.69. The van der Waals surface area contributed by atoms with Gasteiger partial charge in [-0.15, -0.1) is 0 Å². The normalized spacial score (nSPS) is 17.5.